The van der Waals surface area contributed by atoms with Crippen molar-refractivity contribution in [2.75, 3.05) is 5.32 Å². The molecule has 0 radical (unpaired) electrons. The van der Waals surface area contributed by atoms with Gasteiger partial charge in [0.05, 0.1) is 16.7 Å². The molecule has 0 amide bonds. The summed E-state index contributed by atoms with van der Waals surface area (Å²) in [4.78, 5) is 17.5. The Balaban J connectivity index is 1.87. The van der Waals surface area contributed by atoms with Crippen molar-refractivity contribution < 1.29 is 4.39 Å². The van der Waals surface area contributed by atoms with E-state index in [-0.39, 0.29) is 5.02 Å². The molecule has 26 heavy (non-hydrogen) atoms. The third kappa shape index (κ3) is 3.19. The molecule has 2 aromatic carbocycles. The van der Waals surface area contributed by atoms with Crippen molar-refractivity contribution in [1.82, 2.24) is 19.9 Å². The molecule has 0 fully saturated rings. The highest BCUT2D eigenvalue weighted by atomic mass is 35.5. The minimum absolute atomic E-state index is 0.0405. The normalized spacial score (nSPS) is 10.9. The van der Waals surface area contributed by atoms with Crippen molar-refractivity contribution >= 4 is 34.0 Å². The number of anilines is 2. The number of aryl methyl sites for hydroxylation is 1. The van der Waals surface area contributed by atoms with Crippen LogP contribution in [0.15, 0.2) is 55.0 Å². The Morgan fingerprint density at radius 3 is 2.69 bits per heavy atom. The Bertz CT molecular complexity index is 1100. The number of fused-ring (bicyclic) bond motifs is 1. The van der Waals surface area contributed by atoms with E-state index in [0.717, 1.165) is 16.5 Å². The molecule has 0 unspecified atom stereocenters. The van der Waals surface area contributed by atoms with Gasteiger partial charge in [0, 0.05) is 23.5 Å². The number of rotatable bonds is 3. The lowest BCUT2D eigenvalue weighted by atomic mass is 10.1. The Morgan fingerprint density at radius 1 is 1.04 bits per heavy atom. The number of hydrogen-bond donors (Lipinski definition) is 1. The van der Waals surface area contributed by atoms with E-state index in [1.54, 1.807) is 24.7 Å². The Morgan fingerprint density at radius 2 is 1.92 bits per heavy atom. The lowest BCUT2D eigenvalue weighted by Crippen LogP contribution is -2.01. The van der Waals surface area contributed by atoms with Crippen LogP contribution in [0.5, 0.6) is 0 Å². The van der Waals surface area contributed by atoms with Gasteiger partial charge < -0.3 is 5.32 Å². The molecule has 0 aliphatic heterocycles. The number of nitrogens with zero attached hydrogens (tertiary/aromatic N) is 4. The first kappa shape index (κ1) is 16.4. The van der Waals surface area contributed by atoms with Crippen molar-refractivity contribution in [2.24, 2.45) is 0 Å². The first-order chi connectivity index (χ1) is 12.6. The molecule has 0 spiro atoms. The third-order valence-electron chi connectivity index (χ3n) is 3.83. The maximum absolute atomic E-state index is 13.4. The van der Waals surface area contributed by atoms with E-state index in [1.807, 2.05) is 25.1 Å². The first-order valence-corrected chi connectivity index (χ1v) is 8.25. The van der Waals surface area contributed by atoms with Crippen molar-refractivity contribution in [3.63, 3.8) is 0 Å². The molecule has 7 heteroatoms. The van der Waals surface area contributed by atoms with E-state index >= 15 is 0 Å². The number of halogens is 2. The topological polar surface area (TPSA) is 63.6 Å². The van der Waals surface area contributed by atoms with Crippen molar-refractivity contribution in [1.29, 1.82) is 0 Å². The largest absolute Gasteiger partial charge is 0.340 e. The van der Waals surface area contributed by atoms with Crippen LogP contribution in [0.1, 0.15) is 5.56 Å². The van der Waals surface area contributed by atoms with Crippen LogP contribution in [-0.2, 0) is 0 Å². The Labute approximate surface area is 153 Å². The van der Waals surface area contributed by atoms with Crippen LogP contribution in [0.2, 0.25) is 5.02 Å². The van der Waals surface area contributed by atoms with Crippen LogP contribution in [0.25, 0.3) is 22.4 Å². The van der Waals surface area contributed by atoms with Crippen LogP contribution in [-0.4, -0.2) is 19.9 Å². The average molecular weight is 366 g/mol. The van der Waals surface area contributed by atoms with Gasteiger partial charge >= 0.3 is 0 Å². The number of hydrogen-bond acceptors (Lipinski definition) is 5. The number of aromatic nitrogens is 4. The molecule has 0 aliphatic carbocycles. The van der Waals surface area contributed by atoms with Gasteiger partial charge in [0.1, 0.15) is 17.3 Å². The zero-order valence-electron chi connectivity index (χ0n) is 13.7. The van der Waals surface area contributed by atoms with Crippen molar-refractivity contribution in [3.05, 3.63) is 71.4 Å². The van der Waals surface area contributed by atoms with Gasteiger partial charge in [-0.05, 0) is 37.3 Å². The highest BCUT2D eigenvalue weighted by Gasteiger charge is 2.12. The first-order valence-electron chi connectivity index (χ1n) is 7.87. The van der Waals surface area contributed by atoms with Gasteiger partial charge in [-0.25, -0.2) is 19.3 Å². The molecule has 5 nitrogen and oxygen atoms in total. The molecule has 0 bridgehead atoms. The van der Waals surface area contributed by atoms with E-state index in [2.05, 4.69) is 25.3 Å². The van der Waals surface area contributed by atoms with Crippen molar-refractivity contribution in [3.8, 4) is 11.5 Å². The van der Waals surface area contributed by atoms with Crippen LogP contribution in [0, 0.1) is 12.7 Å². The van der Waals surface area contributed by atoms with Crippen molar-refractivity contribution in [2.45, 2.75) is 6.92 Å². The Kier molecular flexibility index (Phi) is 4.18. The van der Waals surface area contributed by atoms with Crippen LogP contribution >= 0.6 is 11.6 Å². The van der Waals surface area contributed by atoms with Crippen LogP contribution < -0.4 is 5.32 Å². The molecular formula is C19H13ClFN5. The molecule has 2 aromatic heterocycles. The van der Waals surface area contributed by atoms with E-state index in [0.29, 0.717) is 23.0 Å². The van der Waals surface area contributed by atoms with E-state index in [9.17, 15) is 4.39 Å². The fourth-order valence-corrected chi connectivity index (χ4v) is 2.76. The highest BCUT2D eigenvalue weighted by molar-refractivity contribution is 6.31. The van der Waals surface area contributed by atoms with E-state index in [1.165, 1.54) is 12.1 Å². The molecule has 0 atom stereocenters. The van der Waals surface area contributed by atoms with Gasteiger partial charge in [-0.1, -0.05) is 23.2 Å². The lowest BCUT2D eigenvalue weighted by Gasteiger charge is -2.11. The summed E-state index contributed by atoms with van der Waals surface area (Å²) in [6.45, 7) is 1.99. The minimum atomic E-state index is -0.471. The lowest BCUT2D eigenvalue weighted by molar-refractivity contribution is 0.628. The second kappa shape index (κ2) is 6.65. The second-order valence-corrected chi connectivity index (χ2v) is 6.17. The Hall–Kier alpha value is -3.12. The summed E-state index contributed by atoms with van der Waals surface area (Å²) in [7, 11) is 0. The van der Waals surface area contributed by atoms with Gasteiger partial charge in [0.25, 0.3) is 0 Å². The van der Waals surface area contributed by atoms with E-state index < -0.39 is 5.82 Å². The highest BCUT2D eigenvalue weighted by Crippen LogP contribution is 2.29. The van der Waals surface area contributed by atoms with Gasteiger partial charge in [-0.15, -0.1) is 0 Å². The van der Waals surface area contributed by atoms with E-state index in [4.69, 9.17) is 11.6 Å². The molecule has 2 heterocycles. The minimum Gasteiger partial charge on any atom is -0.340 e. The molecule has 4 rings (SSSR count). The van der Waals surface area contributed by atoms with Gasteiger partial charge in [-0.3, -0.25) is 4.98 Å². The zero-order chi connectivity index (χ0) is 18.1. The number of nitrogens with one attached hydrogen (secondary N) is 1. The molecule has 0 saturated heterocycles. The van der Waals surface area contributed by atoms with Gasteiger partial charge in [0.2, 0.25) is 0 Å². The standard InChI is InChI=1S/C19H13ClFN5/c1-11-2-5-16-13(8-11)18(24-12-3-4-15(21)14(20)9-12)26-19(25-16)17-10-22-6-7-23-17/h2-10H,1H3,(H,24,25,26). The fraction of sp³-hybridized carbons (Fsp3) is 0.0526. The summed E-state index contributed by atoms with van der Waals surface area (Å²) >= 11 is 5.88. The molecule has 0 aliphatic rings. The predicted octanol–water partition coefficient (Wildman–Crippen LogP) is 4.93. The zero-order valence-corrected chi connectivity index (χ0v) is 14.5. The number of benzene rings is 2. The van der Waals surface area contributed by atoms with Gasteiger partial charge in [-0.2, -0.15) is 0 Å². The molecular weight excluding hydrogens is 353 g/mol. The van der Waals surface area contributed by atoms with Crippen LogP contribution in [0.3, 0.4) is 0 Å². The summed E-state index contributed by atoms with van der Waals surface area (Å²) in [5, 5.41) is 4.09. The molecule has 0 saturated carbocycles. The molecule has 4 aromatic rings. The van der Waals surface area contributed by atoms with Crippen LogP contribution in [0.4, 0.5) is 15.9 Å². The monoisotopic (exact) mass is 365 g/mol. The maximum atomic E-state index is 13.4. The summed E-state index contributed by atoms with van der Waals surface area (Å²) < 4.78 is 13.4. The maximum Gasteiger partial charge on any atom is 0.182 e. The molecule has 1 N–H and O–H groups in total. The SMILES string of the molecule is Cc1ccc2nc(-c3cnccn3)nc(Nc3ccc(F)c(Cl)c3)c2c1. The smallest absolute Gasteiger partial charge is 0.182 e. The molecule has 128 valence electrons. The summed E-state index contributed by atoms with van der Waals surface area (Å²) in [6.07, 6.45) is 4.78. The predicted molar refractivity (Wildman–Crippen MR) is 100.0 cm³/mol. The summed E-state index contributed by atoms with van der Waals surface area (Å²) in [5.74, 6) is 0.563. The van der Waals surface area contributed by atoms with Gasteiger partial charge in [0.15, 0.2) is 5.82 Å². The summed E-state index contributed by atoms with van der Waals surface area (Å²) in [5.41, 5.74) is 3.04. The quantitative estimate of drug-likeness (QED) is 0.557. The average Bonchev–Trinajstić information content (AvgIpc) is 2.65. The second-order valence-electron chi connectivity index (χ2n) is 5.76. The summed E-state index contributed by atoms with van der Waals surface area (Å²) in [6, 6.07) is 10.3. The fourth-order valence-electron chi connectivity index (χ4n) is 2.58. The third-order valence-corrected chi connectivity index (χ3v) is 4.12.